The number of anilines is 1. The van der Waals surface area contributed by atoms with E-state index in [1.54, 1.807) is 0 Å². The van der Waals surface area contributed by atoms with Crippen molar-refractivity contribution in [1.82, 2.24) is 4.98 Å². The van der Waals surface area contributed by atoms with Crippen LogP contribution in [-0.2, 0) is 17.6 Å². The number of carbonyl (C=O) groups is 1. The van der Waals surface area contributed by atoms with Crippen LogP contribution in [0, 0.1) is 11.3 Å². The second-order valence-electron chi connectivity index (χ2n) is 4.96. The third-order valence-electron chi connectivity index (χ3n) is 3.77. The molecule has 1 saturated heterocycles. The second kappa shape index (κ2) is 4.41. The number of aryl methyl sites for hydroxylation is 2. The predicted octanol–water partition coefficient (Wildman–Crippen LogP) is 1.61. The van der Waals surface area contributed by atoms with E-state index in [4.69, 9.17) is 0 Å². The van der Waals surface area contributed by atoms with Crippen LogP contribution in [0.4, 0.5) is 5.82 Å². The van der Waals surface area contributed by atoms with Gasteiger partial charge in [0.05, 0.1) is 5.56 Å². The number of pyridine rings is 1. The summed E-state index contributed by atoms with van der Waals surface area (Å²) < 4.78 is 0. The Morgan fingerprint density at radius 1 is 1.22 bits per heavy atom. The van der Waals surface area contributed by atoms with Gasteiger partial charge in [0.25, 0.3) is 0 Å². The molecule has 1 aromatic heterocycles. The van der Waals surface area contributed by atoms with Gasteiger partial charge in [-0.25, -0.2) is 4.98 Å². The molecule has 3 rings (SSSR count). The van der Waals surface area contributed by atoms with E-state index in [2.05, 4.69) is 16.0 Å². The molecule has 2 aliphatic rings. The zero-order chi connectivity index (χ0) is 12.5. The SMILES string of the molecule is N#Cc1cc2c(nc1N1CCC(=O)CC1)CCC2. The molecule has 0 radical (unpaired) electrons. The molecule has 1 aliphatic carbocycles. The Kier molecular flexibility index (Phi) is 2.75. The Morgan fingerprint density at radius 3 is 2.72 bits per heavy atom. The number of Topliss-reactive ketones (excluding diaryl/α,β-unsaturated/α-hetero) is 1. The largest absolute Gasteiger partial charge is 0.355 e. The third kappa shape index (κ3) is 1.86. The van der Waals surface area contributed by atoms with E-state index in [0.29, 0.717) is 37.3 Å². The molecule has 1 aliphatic heterocycles. The summed E-state index contributed by atoms with van der Waals surface area (Å²) in [5, 5.41) is 9.25. The van der Waals surface area contributed by atoms with E-state index in [1.807, 2.05) is 6.07 Å². The number of ketones is 1. The first-order valence-corrected chi connectivity index (χ1v) is 6.47. The quantitative estimate of drug-likeness (QED) is 0.749. The molecule has 0 aromatic carbocycles. The van der Waals surface area contributed by atoms with Gasteiger partial charge < -0.3 is 4.90 Å². The first kappa shape index (κ1) is 11.2. The lowest BCUT2D eigenvalue weighted by atomic mass is 10.1. The minimum absolute atomic E-state index is 0.311. The number of nitrogens with zero attached hydrogens (tertiary/aromatic N) is 3. The van der Waals surface area contributed by atoms with Crippen molar-refractivity contribution in [1.29, 1.82) is 5.26 Å². The maximum atomic E-state index is 11.3. The number of rotatable bonds is 1. The number of piperidine rings is 1. The fourth-order valence-electron chi connectivity index (χ4n) is 2.75. The van der Waals surface area contributed by atoms with Crippen LogP contribution in [0.2, 0.25) is 0 Å². The summed E-state index contributed by atoms with van der Waals surface area (Å²) in [4.78, 5) is 18.0. The molecular formula is C14H15N3O. The molecule has 0 amide bonds. The Hall–Kier alpha value is -1.89. The molecule has 18 heavy (non-hydrogen) atoms. The minimum Gasteiger partial charge on any atom is -0.355 e. The van der Waals surface area contributed by atoms with Gasteiger partial charge in [0.1, 0.15) is 17.7 Å². The molecule has 1 fully saturated rings. The molecule has 92 valence electrons. The summed E-state index contributed by atoms with van der Waals surface area (Å²) in [6, 6.07) is 4.23. The zero-order valence-corrected chi connectivity index (χ0v) is 10.3. The van der Waals surface area contributed by atoms with Crippen LogP contribution in [-0.4, -0.2) is 23.9 Å². The molecule has 4 nitrogen and oxygen atoms in total. The Morgan fingerprint density at radius 2 is 2.00 bits per heavy atom. The highest BCUT2D eigenvalue weighted by molar-refractivity contribution is 5.81. The van der Waals surface area contributed by atoms with E-state index in [9.17, 15) is 10.1 Å². The Bertz CT molecular complexity index is 535. The molecule has 0 atom stereocenters. The lowest BCUT2D eigenvalue weighted by molar-refractivity contribution is -0.119. The average Bonchev–Trinajstić information content (AvgIpc) is 2.85. The lowest BCUT2D eigenvalue weighted by Crippen LogP contribution is -2.35. The van der Waals surface area contributed by atoms with E-state index >= 15 is 0 Å². The van der Waals surface area contributed by atoms with Crippen LogP contribution in [0.3, 0.4) is 0 Å². The fraction of sp³-hybridized carbons (Fsp3) is 0.500. The van der Waals surface area contributed by atoms with Gasteiger partial charge in [0, 0.05) is 31.6 Å². The van der Waals surface area contributed by atoms with Crippen LogP contribution in [0.15, 0.2) is 6.07 Å². The van der Waals surface area contributed by atoms with Crippen LogP contribution < -0.4 is 4.90 Å². The lowest BCUT2D eigenvalue weighted by Gasteiger charge is -2.28. The van der Waals surface area contributed by atoms with Gasteiger partial charge in [-0.2, -0.15) is 5.26 Å². The van der Waals surface area contributed by atoms with Crippen molar-refractivity contribution in [2.45, 2.75) is 32.1 Å². The molecule has 0 saturated carbocycles. The highest BCUT2D eigenvalue weighted by atomic mass is 16.1. The van der Waals surface area contributed by atoms with E-state index in [-0.39, 0.29) is 0 Å². The van der Waals surface area contributed by atoms with Gasteiger partial charge in [-0.05, 0) is 30.9 Å². The van der Waals surface area contributed by atoms with Crippen LogP contribution >= 0.6 is 0 Å². The van der Waals surface area contributed by atoms with E-state index in [0.717, 1.165) is 30.8 Å². The topological polar surface area (TPSA) is 57.0 Å². The van der Waals surface area contributed by atoms with Crippen molar-refractivity contribution in [2.75, 3.05) is 18.0 Å². The smallest absolute Gasteiger partial charge is 0.146 e. The first-order valence-electron chi connectivity index (χ1n) is 6.47. The molecule has 4 heteroatoms. The van der Waals surface area contributed by atoms with E-state index in [1.165, 1.54) is 5.56 Å². The zero-order valence-electron chi connectivity index (χ0n) is 10.3. The van der Waals surface area contributed by atoms with Gasteiger partial charge >= 0.3 is 0 Å². The summed E-state index contributed by atoms with van der Waals surface area (Å²) in [5.41, 5.74) is 3.02. The number of hydrogen-bond donors (Lipinski definition) is 0. The van der Waals surface area contributed by atoms with Crippen molar-refractivity contribution in [3.63, 3.8) is 0 Å². The highest BCUT2D eigenvalue weighted by Gasteiger charge is 2.23. The van der Waals surface area contributed by atoms with Crippen molar-refractivity contribution < 1.29 is 4.79 Å². The number of fused-ring (bicyclic) bond motifs is 1. The summed E-state index contributed by atoms with van der Waals surface area (Å²) in [6.45, 7) is 1.39. The van der Waals surface area contributed by atoms with Crippen LogP contribution in [0.25, 0.3) is 0 Å². The Balaban J connectivity index is 1.96. The number of hydrogen-bond acceptors (Lipinski definition) is 4. The minimum atomic E-state index is 0.311. The van der Waals surface area contributed by atoms with Crippen molar-refractivity contribution in [3.8, 4) is 6.07 Å². The molecule has 0 unspecified atom stereocenters. The van der Waals surface area contributed by atoms with Gasteiger partial charge in [-0.3, -0.25) is 4.79 Å². The molecule has 1 aromatic rings. The fourth-order valence-corrected chi connectivity index (χ4v) is 2.75. The number of aromatic nitrogens is 1. The average molecular weight is 241 g/mol. The van der Waals surface area contributed by atoms with Crippen molar-refractivity contribution in [2.24, 2.45) is 0 Å². The maximum absolute atomic E-state index is 11.3. The third-order valence-corrected chi connectivity index (χ3v) is 3.77. The predicted molar refractivity (Wildman–Crippen MR) is 67.4 cm³/mol. The number of nitriles is 1. The molecule has 0 bridgehead atoms. The van der Waals surface area contributed by atoms with Gasteiger partial charge in [0.15, 0.2) is 0 Å². The van der Waals surface area contributed by atoms with Gasteiger partial charge in [-0.1, -0.05) is 0 Å². The molecule has 2 heterocycles. The second-order valence-corrected chi connectivity index (χ2v) is 4.96. The molecular weight excluding hydrogens is 226 g/mol. The first-order chi connectivity index (χ1) is 8.78. The van der Waals surface area contributed by atoms with E-state index < -0.39 is 0 Å². The standard InChI is InChI=1S/C14H15N3O/c15-9-11-8-10-2-1-3-13(10)16-14(11)17-6-4-12(18)5-7-17/h8H,1-7H2. The Labute approximate surface area is 106 Å². The summed E-state index contributed by atoms with van der Waals surface area (Å²) in [6.07, 6.45) is 4.33. The number of carbonyl (C=O) groups excluding carboxylic acids is 1. The summed E-state index contributed by atoms with van der Waals surface area (Å²) in [5.74, 6) is 1.09. The normalized spacial score (nSPS) is 18.6. The summed E-state index contributed by atoms with van der Waals surface area (Å²) >= 11 is 0. The molecule has 0 spiro atoms. The maximum Gasteiger partial charge on any atom is 0.146 e. The van der Waals surface area contributed by atoms with Crippen molar-refractivity contribution >= 4 is 11.6 Å². The monoisotopic (exact) mass is 241 g/mol. The van der Waals surface area contributed by atoms with Gasteiger partial charge in [-0.15, -0.1) is 0 Å². The van der Waals surface area contributed by atoms with Gasteiger partial charge in [0.2, 0.25) is 0 Å². The van der Waals surface area contributed by atoms with Crippen LogP contribution in [0.5, 0.6) is 0 Å². The molecule has 0 N–H and O–H groups in total. The van der Waals surface area contributed by atoms with Crippen molar-refractivity contribution in [3.05, 3.63) is 22.9 Å². The van der Waals surface area contributed by atoms with Crippen LogP contribution in [0.1, 0.15) is 36.1 Å². The highest BCUT2D eigenvalue weighted by Crippen LogP contribution is 2.28. The summed E-state index contributed by atoms with van der Waals surface area (Å²) in [7, 11) is 0.